The third kappa shape index (κ3) is 3.98. The molecule has 3 heterocycles. The molecule has 0 aliphatic carbocycles. The molecule has 1 aliphatic heterocycles. The maximum absolute atomic E-state index is 13.1. The van der Waals surface area contributed by atoms with Crippen LogP contribution in [-0.4, -0.2) is 71.3 Å². The summed E-state index contributed by atoms with van der Waals surface area (Å²) in [5, 5.41) is 11.4. The summed E-state index contributed by atoms with van der Waals surface area (Å²) in [6.45, 7) is 2.08. The fraction of sp³-hybridized carbons (Fsp3) is 0.350. The number of halogens is 1. The number of fused-ring (bicyclic) bond motifs is 2. The number of H-pyrrole nitrogens is 1. The number of sulfone groups is 1. The van der Waals surface area contributed by atoms with Crippen LogP contribution >= 0.6 is 11.6 Å². The highest BCUT2D eigenvalue weighted by molar-refractivity contribution is 7.92. The molecule has 0 saturated heterocycles. The summed E-state index contributed by atoms with van der Waals surface area (Å²) in [4.78, 5) is 14.5. The monoisotopic (exact) mass is 463 g/mol. The minimum atomic E-state index is -3.68. The van der Waals surface area contributed by atoms with Crippen molar-refractivity contribution in [3.8, 4) is 0 Å². The van der Waals surface area contributed by atoms with Crippen LogP contribution in [0.5, 0.6) is 0 Å². The lowest BCUT2D eigenvalue weighted by molar-refractivity contribution is 0.0692. The summed E-state index contributed by atoms with van der Waals surface area (Å²) in [6, 6.07) is 2.98. The van der Waals surface area contributed by atoms with Gasteiger partial charge in [-0.15, -0.1) is 0 Å². The van der Waals surface area contributed by atoms with E-state index in [1.165, 1.54) is 11.0 Å². The highest BCUT2D eigenvalue weighted by Gasteiger charge is 2.26. The van der Waals surface area contributed by atoms with E-state index >= 15 is 0 Å². The maximum Gasteiger partial charge on any atom is 0.274 e. The second kappa shape index (κ2) is 8.10. The molecule has 0 spiro atoms. The molecule has 2 bridgehead atoms. The zero-order chi connectivity index (χ0) is 22.3. The van der Waals surface area contributed by atoms with Gasteiger partial charge >= 0.3 is 0 Å². The lowest BCUT2D eigenvalue weighted by Crippen LogP contribution is -2.32. The summed E-state index contributed by atoms with van der Waals surface area (Å²) in [6.07, 6.45) is 5.20. The second-order valence-electron chi connectivity index (χ2n) is 7.54. The largest absolute Gasteiger partial charge is 0.378 e. The zero-order valence-electron chi connectivity index (χ0n) is 17.3. The van der Waals surface area contributed by atoms with Crippen LogP contribution in [0.2, 0.25) is 5.02 Å². The minimum absolute atomic E-state index is 0.00694. The minimum Gasteiger partial charge on any atom is -0.378 e. The van der Waals surface area contributed by atoms with Crippen LogP contribution in [0, 0.1) is 0 Å². The number of likely N-dealkylation sites (N-methyl/N-ethyl adjacent to an activating group) is 1. The highest BCUT2D eigenvalue weighted by atomic mass is 35.5. The fourth-order valence-electron chi connectivity index (χ4n) is 3.38. The number of aromatic nitrogens is 4. The summed E-state index contributed by atoms with van der Waals surface area (Å²) in [7, 11) is -0.285. The third-order valence-electron chi connectivity index (χ3n) is 5.23. The molecule has 9 nitrogen and oxygen atoms in total. The van der Waals surface area contributed by atoms with Gasteiger partial charge in [0.05, 0.1) is 34.1 Å². The molecule has 1 atom stereocenters. The van der Waals surface area contributed by atoms with Crippen molar-refractivity contribution in [2.45, 2.75) is 17.1 Å². The number of ether oxygens (including phenoxy) is 1. The fourth-order valence-corrected chi connectivity index (χ4v) is 5.01. The number of nitrogens with zero attached hydrogens (tertiary/aromatic N) is 4. The first kappa shape index (κ1) is 21.5. The molecule has 164 valence electrons. The van der Waals surface area contributed by atoms with E-state index in [1.807, 2.05) is 0 Å². The second-order valence-corrected chi connectivity index (χ2v) is 10.3. The Balaban J connectivity index is 1.88. The Bertz CT molecular complexity index is 1290. The normalized spacial score (nSPS) is 20.8. The number of rotatable bonds is 0. The van der Waals surface area contributed by atoms with Gasteiger partial charge in [0.2, 0.25) is 0 Å². The van der Waals surface area contributed by atoms with Crippen molar-refractivity contribution in [1.82, 2.24) is 24.9 Å². The van der Waals surface area contributed by atoms with Crippen LogP contribution in [-0.2, 0) is 21.6 Å². The lowest BCUT2D eigenvalue weighted by Gasteiger charge is -2.18. The van der Waals surface area contributed by atoms with Gasteiger partial charge in [-0.05, 0) is 31.2 Å². The third-order valence-corrected chi connectivity index (χ3v) is 7.61. The topological polar surface area (TPSA) is 110 Å². The van der Waals surface area contributed by atoms with E-state index in [0.29, 0.717) is 34.4 Å². The number of aromatic amines is 1. The van der Waals surface area contributed by atoms with Crippen LogP contribution in [0.15, 0.2) is 23.2 Å². The van der Waals surface area contributed by atoms with Crippen LogP contribution in [0.1, 0.15) is 28.7 Å². The number of benzene rings is 1. The van der Waals surface area contributed by atoms with Gasteiger partial charge in [-0.1, -0.05) is 11.6 Å². The smallest absolute Gasteiger partial charge is 0.274 e. The number of hydrogen-bond acceptors (Lipinski definition) is 6. The SMILES string of the molecule is C[C@H]1COCCN(C)C(=O)c2nn(C)cc2/C=C/c2[nH]nc3c(Cl)cc(cc23)S1(=O)=O. The Hall–Kier alpha value is -2.69. The van der Waals surface area contributed by atoms with Crippen molar-refractivity contribution < 1.29 is 17.9 Å². The Morgan fingerprint density at radius 2 is 2.03 bits per heavy atom. The molecule has 1 aromatic carbocycles. The predicted molar refractivity (Wildman–Crippen MR) is 118 cm³/mol. The van der Waals surface area contributed by atoms with Crippen LogP contribution in [0.4, 0.5) is 0 Å². The van der Waals surface area contributed by atoms with E-state index in [2.05, 4.69) is 15.3 Å². The lowest BCUT2D eigenvalue weighted by atomic mass is 10.1. The summed E-state index contributed by atoms with van der Waals surface area (Å²) in [5.74, 6) is -0.253. The number of hydrogen-bond donors (Lipinski definition) is 1. The van der Waals surface area contributed by atoms with Gasteiger partial charge in [-0.25, -0.2) is 8.42 Å². The standard InChI is InChI=1S/C20H22ClN5O4S/c1-12-11-30-7-6-25(2)20(27)18-13(10-26(3)24-18)4-5-17-15-8-14(31(12,28)29)9-16(21)19(15)23-22-17/h4-5,8-10,12H,6-7,11H2,1-3H3,(H,22,23)/b5-4+/t12-/m0/s1. The molecule has 0 fully saturated rings. The predicted octanol–water partition coefficient (Wildman–Crippen LogP) is 2.38. The Kier molecular flexibility index (Phi) is 5.63. The van der Waals surface area contributed by atoms with E-state index in [1.54, 1.807) is 50.1 Å². The molecular formula is C20H22ClN5O4S. The molecule has 11 heteroatoms. The van der Waals surface area contributed by atoms with Crippen molar-refractivity contribution in [3.05, 3.63) is 40.3 Å². The van der Waals surface area contributed by atoms with Gasteiger partial charge in [0.25, 0.3) is 5.91 Å². The Morgan fingerprint density at radius 1 is 1.26 bits per heavy atom. The van der Waals surface area contributed by atoms with Gasteiger partial charge in [-0.3, -0.25) is 14.6 Å². The van der Waals surface area contributed by atoms with Crippen LogP contribution in [0.25, 0.3) is 23.1 Å². The van der Waals surface area contributed by atoms with Crippen LogP contribution < -0.4 is 0 Å². The van der Waals surface area contributed by atoms with Gasteiger partial charge in [0.15, 0.2) is 15.5 Å². The van der Waals surface area contributed by atoms with Gasteiger partial charge in [0.1, 0.15) is 5.52 Å². The number of aryl methyl sites for hydroxylation is 1. The molecule has 0 unspecified atom stereocenters. The zero-order valence-corrected chi connectivity index (χ0v) is 18.9. The molecular weight excluding hydrogens is 442 g/mol. The molecule has 0 saturated carbocycles. The van der Waals surface area contributed by atoms with Crippen molar-refractivity contribution in [2.75, 3.05) is 26.8 Å². The first-order chi connectivity index (χ1) is 14.7. The first-order valence-electron chi connectivity index (χ1n) is 9.65. The first-order valence-corrected chi connectivity index (χ1v) is 11.6. The van der Waals surface area contributed by atoms with Gasteiger partial charge in [0, 0.05) is 37.8 Å². The van der Waals surface area contributed by atoms with E-state index in [0.717, 1.165) is 0 Å². The number of amides is 1. The number of carbonyl (C=O) groups is 1. The molecule has 0 radical (unpaired) electrons. The Labute approximate surface area is 184 Å². The maximum atomic E-state index is 13.1. The van der Waals surface area contributed by atoms with Crippen molar-refractivity contribution in [3.63, 3.8) is 0 Å². The van der Waals surface area contributed by atoms with E-state index < -0.39 is 15.1 Å². The van der Waals surface area contributed by atoms with Crippen molar-refractivity contribution >= 4 is 50.4 Å². The van der Waals surface area contributed by atoms with Crippen molar-refractivity contribution in [2.24, 2.45) is 7.05 Å². The molecule has 3 aromatic rings. The summed E-state index contributed by atoms with van der Waals surface area (Å²) >= 11 is 6.34. The summed E-state index contributed by atoms with van der Waals surface area (Å²) in [5.41, 5.74) is 1.97. The summed E-state index contributed by atoms with van der Waals surface area (Å²) < 4.78 is 33.3. The Morgan fingerprint density at radius 3 is 2.81 bits per heavy atom. The highest BCUT2D eigenvalue weighted by Crippen LogP contribution is 2.31. The van der Waals surface area contributed by atoms with E-state index in [-0.39, 0.29) is 29.0 Å². The van der Waals surface area contributed by atoms with Gasteiger partial charge < -0.3 is 9.64 Å². The van der Waals surface area contributed by atoms with E-state index in [4.69, 9.17) is 16.3 Å². The molecule has 1 aliphatic rings. The van der Waals surface area contributed by atoms with Crippen molar-refractivity contribution in [1.29, 1.82) is 0 Å². The average Bonchev–Trinajstić information content (AvgIpc) is 3.31. The quantitative estimate of drug-likeness (QED) is 0.548. The van der Waals surface area contributed by atoms with E-state index in [9.17, 15) is 13.2 Å². The molecule has 4 rings (SSSR count). The average molecular weight is 464 g/mol. The van der Waals surface area contributed by atoms with Gasteiger partial charge in [-0.2, -0.15) is 10.2 Å². The molecule has 1 N–H and O–H groups in total. The van der Waals surface area contributed by atoms with Crippen LogP contribution in [0.3, 0.4) is 0 Å². The number of nitrogens with one attached hydrogen (secondary N) is 1. The molecule has 31 heavy (non-hydrogen) atoms. The number of carbonyl (C=O) groups excluding carboxylic acids is 1. The molecule has 2 aromatic heterocycles. The molecule has 1 amide bonds.